The fraction of sp³-hybridized carbons (Fsp3) is 0.200. The fourth-order valence-electron chi connectivity index (χ4n) is 3.93. The largest absolute Gasteiger partial charge is 0.368 e. The quantitative estimate of drug-likeness (QED) is 0.412. The number of hydrogen-bond acceptors (Lipinski definition) is 6. The van der Waals surface area contributed by atoms with Gasteiger partial charge < -0.3 is 9.80 Å². The molecule has 2 aromatic carbocycles. The Balaban J connectivity index is 1.28. The molecule has 1 fully saturated rings. The van der Waals surface area contributed by atoms with Gasteiger partial charge in [-0.1, -0.05) is 48.2 Å². The van der Waals surface area contributed by atoms with Gasteiger partial charge in [0.2, 0.25) is 5.91 Å². The van der Waals surface area contributed by atoms with Gasteiger partial charge in [0.15, 0.2) is 11.0 Å². The molecule has 5 rings (SSSR count). The summed E-state index contributed by atoms with van der Waals surface area (Å²) in [5, 5.41) is 9.52. The third-order valence-corrected chi connectivity index (χ3v) is 6.56. The Morgan fingerprint density at radius 1 is 0.818 bits per heavy atom. The maximum absolute atomic E-state index is 13.0. The van der Waals surface area contributed by atoms with Gasteiger partial charge in [-0.25, -0.2) is 0 Å². The van der Waals surface area contributed by atoms with Gasteiger partial charge in [0.25, 0.3) is 0 Å². The second-order valence-electron chi connectivity index (χ2n) is 7.71. The summed E-state index contributed by atoms with van der Waals surface area (Å²) in [5.74, 6) is 1.16. The Morgan fingerprint density at radius 2 is 1.52 bits per heavy atom. The Bertz CT molecular complexity index is 1190. The lowest BCUT2D eigenvalue weighted by Gasteiger charge is -2.36. The van der Waals surface area contributed by atoms with Crippen LogP contribution in [0.4, 0.5) is 5.69 Å². The lowest BCUT2D eigenvalue weighted by atomic mass is 10.2. The van der Waals surface area contributed by atoms with Crippen LogP contribution in [0.25, 0.3) is 17.1 Å². The zero-order chi connectivity index (χ0) is 22.5. The number of rotatable bonds is 6. The van der Waals surface area contributed by atoms with E-state index in [9.17, 15) is 4.79 Å². The molecule has 1 saturated heterocycles. The second-order valence-corrected chi connectivity index (χ2v) is 8.65. The normalized spacial score (nSPS) is 13.8. The Kier molecular flexibility index (Phi) is 6.34. The molecule has 1 aliphatic heterocycles. The molecule has 4 aromatic rings. The smallest absolute Gasteiger partial charge is 0.233 e. The molecule has 0 saturated carbocycles. The number of pyridine rings is 1. The van der Waals surface area contributed by atoms with Crippen molar-refractivity contribution >= 4 is 23.4 Å². The summed E-state index contributed by atoms with van der Waals surface area (Å²) in [6.45, 7) is 3.12. The number of nitrogens with zero attached hydrogens (tertiary/aromatic N) is 6. The molecule has 1 amide bonds. The van der Waals surface area contributed by atoms with E-state index in [2.05, 4.69) is 32.2 Å². The molecule has 3 heterocycles. The molecule has 0 N–H and O–H groups in total. The van der Waals surface area contributed by atoms with E-state index in [4.69, 9.17) is 0 Å². The monoisotopic (exact) mass is 456 g/mol. The minimum atomic E-state index is 0.123. The van der Waals surface area contributed by atoms with Crippen molar-refractivity contribution in [2.45, 2.75) is 5.16 Å². The number of para-hydroxylation sites is 2. The van der Waals surface area contributed by atoms with Crippen LogP contribution >= 0.6 is 11.8 Å². The topological polar surface area (TPSA) is 67.2 Å². The lowest BCUT2D eigenvalue weighted by molar-refractivity contribution is -0.128. The number of amides is 1. The van der Waals surface area contributed by atoms with E-state index in [1.54, 1.807) is 12.4 Å². The minimum Gasteiger partial charge on any atom is -0.368 e. The molecule has 0 radical (unpaired) electrons. The lowest BCUT2D eigenvalue weighted by Crippen LogP contribution is -2.49. The standard InChI is InChI=1S/C25H24N6OS/c32-23(30-16-14-29(15-17-30)21-9-3-1-4-10-21)19-33-25-28-27-24(20-8-7-13-26-18-20)31(25)22-11-5-2-6-12-22/h1-13,18H,14-17,19H2. The SMILES string of the molecule is O=C(CSc1nnc(-c2cccnc2)n1-c1ccccc1)N1CCN(c2ccccc2)CC1. The Hall–Kier alpha value is -3.65. The van der Waals surface area contributed by atoms with Crippen LogP contribution < -0.4 is 4.90 Å². The van der Waals surface area contributed by atoms with Crippen LogP contribution in [0, 0.1) is 0 Å². The summed E-state index contributed by atoms with van der Waals surface area (Å²) in [6, 6.07) is 24.1. The van der Waals surface area contributed by atoms with E-state index in [1.165, 1.54) is 17.4 Å². The molecule has 1 aliphatic rings. The van der Waals surface area contributed by atoms with Gasteiger partial charge in [0.05, 0.1) is 5.75 Å². The molecule has 0 spiro atoms. The number of benzene rings is 2. The Labute approximate surface area is 197 Å². The number of aromatic nitrogens is 4. The maximum atomic E-state index is 13.0. The average molecular weight is 457 g/mol. The average Bonchev–Trinajstić information content (AvgIpc) is 3.33. The molecule has 0 atom stereocenters. The maximum Gasteiger partial charge on any atom is 0.233 e. The van der Waals surface area contributed by atoms with Crippen LogP contribution in [-0.2, 0) is 4.79 Å². The van der Waals surface area contributed by atoms with Crippen LogP contribution in [0.5, 0.6) is 0 Å². The number of piperazine rings is 1. The third kappa shape index (κ3) is 4.75. The van der Waals surface area contributed by atoms with Gasteiger partial charge in [0.1, 0.15) is 0 Å². The minimum absolute atomic E-state index is 0.123. The second kappa shape index (κ2) is 9.87. The van der Waals surface area contributed by atoms with Gasteiger partial charge >= 0.3 is 0 Å². The fourth-order valence-corrected chi connectivity index (χ4v) is 4.78. The van der Waals surface area contributed by atoms with Crippen molar-refractivity contribution in [3.63, 3.8) is 0 Å². The summed E-state index contributed by atoms with van der Waals surface area (Å²) in [6.07, 6.45) is 3.51. The predicted octanol–water partition coefficient (Wildman–Crippen LogP) is 3.77. The molecule has 0 aliphatic carbocycles. The van der Waals surface area contributed by atoms with Crippen molar-refractivity contribution < 1.29 is 4.79 Å². The van der Waals surface area contributed by atoms with Gasteiger partial charge in [-0.15, -0.1) is 10.2 Å². The third-order valence-electron chi connectivity index (χ3n) is 5.65. The number of thioether (sulfide) groups is 1. The summed E-state index contributed by atoms with van der Waals surface area (Å²) in [7, 11) is 0. The van der Waals surface area contributed by atoms with E-state index >= 15 is 0 Å². The highest BCUT2D eigenvalue weighted by atomic mass is 32.2. The van der Waals surface area contributed by atoms with Gasteiger partial charge in [-0.2, -0.15) is 0 Å². The molecule has 2 aromatic heterocycles. The molecule has 7 nitrogen and oxygen atoms in total. The van der Waals surface area contributed by atoms with E-state index in [0.29, 0.717) is 16.7 Å². The van der Waals surface area contributed by atoms with Crippen molar-refractivity contribution in [1.29, 1.82) is 0 Å². The zero-order valence-corrected chi connectivity index (χ0v) is 18.9. The van der Waals surface area contributed by atoms with Crippen LogP contribution in [0.15, 0.2) is 90.3 Å². The van der Waals surface area contributed by atoms with Crippen LogP contribution in [0.2, 0.25) is 0 Å². The first kappa shape index (κ1) is 21.2. The van der Waals surface area contributed by atoms with E-state index in [-0.39, 0.29) is 5.91 Å². The van der Waals surface area contributed by atoms with Crippen molar-refractivity contribution in [1.82, 2.24) is 24.6 Å². The van der Waals surface area contributed by atoms with Gasteiger partial charge in [-0.3, -0.25) is 14.3 Å². The first-order chi connectivity index (χ1) is 16.3. The molecule has 8 heteroatoms. The van der Waals surface area contributed by atoms with E-state index < -0.39 is 0 Å². The zero-order valence-electron chi connectivity index (χ0n) is 18.1. The molecule has 0 unspecified atom stereocenters. The van der Waals surface area contributed by atoms with Crippen LogP contribution in [-0.4, -0.2) is 62.5 Å². The molecular formula is C25H24N6OS. The highest BCUT2D eigenvalue weighted by molar-refractivity contribution is 7.99. The molecule has 166 valence electrons. The number of hydrogen-bond donors (Lipinski definition) is 0. The summed E-state index contributed by atoms with van der Waals surface area (Å²) < 4.78 is 1.99. The van der Waals surface area contributed by atoms with Crippen molar-refractivity contribution in [2.75, 3.05) is 36.8 Å². The molecule has 0 bridgehead atoms. The number of carbonyl (C=O) groups excluding carboxylic acids is 1. The van der Waals surface area contributed by atoms with Crippen LogP contribution in [0.1, 0.15) is 0 Å². The first-order valence-corrected chi connectivity index (χ1v) is 11.9. The summed E-state index contributed by atoms with van der Waals surface area (Å²) in [4.78, 5) is 21.4. The number of carbonyl (C=O) groups is 1. The van der Waals surface area contributed by atoms with Crippen molar-refractivity contribution in [3.8, 4) is 17.1 Å². The first-order valence-electron chi connectivity index (χ1n) is 10.9. The van der Waals surface area contributed by atoms with Crippen LogP contribution in [0.3, 0.4) is 0 Å². The van der Waals surface area contributed by atoms with Crippen molar-refractivity contribution in [3.05, 3.63) is 85.2 Å². The Morgan fingerprint density at radius 3 is 2.18 bits per heavy atom. The van der Waals surface area contributed by atoms with E-state index in [0.717, 1.165) is 37.4 Å². The number of anilines is 1. The highest BCUT2D eigenvalue weighted by Crippen LogP contribution is 2.28. The van der Waals surface area contributed by atoms with E-state index in [1.807, 2.05) is 70.1 Å². The van der Waals surface area contributed by atoms with Gasteiger partial charge in [-0.05, 0) is 36.4 Å². The summed E-state index contributed by atoms with van der Waals surface area (Å²) >= 11 is 1.42. The predicted molar refractivity (Wildman–Crippen MR) is 131 cm³/mol. The van der Waals surface area contributed by atoms with Gasteiger partial charge in [0, 0.05) is 55.5 Å². The summed E-state index contributed by atoms with van der Waals surface area (Å²) in [5.41, 5.74) is 3.04. The van der Waals surface area contributed by atoms with Crippen molar-refractivity contribution in [2.24, 2.45) is 0 Å². The highest BCUT2D eigenvalue weighted by Gasteiger charge is 2.23. The molecular weight excluding hydrogens is 432 g/mol. The molecule has 33 heavy (non-hydrogen) atoms.